The molecule has 1 heterocycles. The summed E-state index contributed by atoms with van der Waals surface area (Å²) in [7, 11) is 0. The molecule has 4 N–H and O–H groups in total. The fourth-order valence-corrected chi connectivity index (χ4v) is 2.56. The van der Waals surface area contributed by atoms with E-state index < -0.39 is 0 Å². The SMILES string of the molecule is CC(=O)Nc1cccc(CN=C(N)Nc2ccc3c(c2)OCCCO3)c1. The van der Waals surface area contributed by atoms with E-state index >= 15 is 0 Å². The fourth-order valence-electron chi connectivity index (χ4n) is 2.56. The Labute approximate surface area is 152 Å². The molecule has 0 radical (unpaired) electrons. The van der Waals surface area contributed by atoms with Crippen LogP contribution in [0, 0.1) is 0 Å². The van der Waals surface area contributed by atoms with Crippen molar-refractivity contribution in [3.63, 3.8) is 0 Å². The molecule has 0 fully saturated rings. The number of hydrogen-bond acceptors (Lipinski definition) is 4. The van der Waals surface area contributed by atoms with E-state index in [0.29, 0.717) is 31.5 Å². The van der Waals surface area contributed by atoms with Crippen molar-refractivity contribution >= 4 is 23.2 Å². The Morgan fingerprint density at radius 1 is 1.08 bits per heavy atom. The summed E-state index contributed by atoms with van der Waals surface area (Å²) in [6.07, 6.45) is 0.860. The first-order valence-electron chi connectivity index (χ1n) is 8.43. The lowest BCUT2D eigenvalue weighted by molar-refractivity contribution is -0.114. The van der Waals surface area contributed by atoms with E-state index in [2.05, 4.69) is 15.6 Å². The lowest BCUT2D eigenvalue weighted by atomic mass is 10.2. The van der Waals surface area contributed by atoms with Crippen LogP contribution < -0.4 is 25.8 Å². The first kappa shape index (κ1) is 17.6. The summed E-state index contributed by atoms with van der Waals surface area (Å²) < 4.78 is 11.3. The molecule has 0 aromatic heterocycles. The summed E-state index contributed by atoms with van der Waals surface area (Å²) >= 11 is 0. The number of hydrogen-bond donors (Lipinski definition) is 3. The molecule has 1 amide bonds. The molecule has 1 aliphatic rings. The zero-order valence-electron chi connectivity index (χ0n) is 14.6. The number of fused-ring (bicyclic) bond motifs is 1. The molecule has 3 rings (SSSR count). The number of anilines is 2. The molecule has 0 aliphatic carbocycles. The van der Waals surface area contributed by atoms with Crippen LogP contribution >= 0.6 is 0 Å². The van der Waals surface area contributed by atoms with Gasteiger partial charge in [-0.15, -0.1) is 0 Å². The first-order valence-corrected chi connectivity index (χ1v) is 8.43. The van der Waals surface area contributed by atoms with Crippen LogP contribution in [-0.2, 0) is 11.3 Å². The average molecular weight is 354 g/mol. The largest absolute Gasteiger partial charge is 0.490 e. The second-order valence-electron chi connectivity index (χ2n) is 5.92. The van der Waals surface area contributed by atoms with Crippen LogP contribution in [0.4, 0.5) is 11.4 Å². The van der Waals surface area contributed by atoms with Crippen molar-refractivity contribution in [3.05, 3.63) is 48.0 Å². The Morgan fingerprint density at radius 3 is 2.65 bits per heavy atom. The molecule has 7 nitrogen and oxygen atoms in total. The zero-order chi connectivity index (χ0) is 18.4. The van der Waals surface area contributed by atoms with Gasteiger partial charge in [0, 0.05) is 30.8 Å². The molecule has 0 saturated carbocycles. The number of ether oxygens (including phenoxy) is 2. The maximum atomic E-state index is 11.1. The van der Waals surface area contributed by atoms with Gasteiger partial charge in [0.15, 0.2) is 17.5 Å². The van der Waals surface area contributed by atoms with Crippen molar-refractivity contribution in [2.24, 2.45) is 10.7 Å². The monoisotopic (exact) mass is 354 g/mol. The number of benzene rings is 2. The highest BCUT2D eigenvalue weighted by Gasteiger charge is 2.10. The smallest absolute Gasteiger partial charge is 0.221 e. The molecule has 26 heavy (non-hydrogen) atoms. The molecule has 0 unspecified atom stereocenters. The summed E-state index contributed by atoms with van der Waals surface area (Å²) in [6, 6.07) is 13.1. The molecule has 2 aromatic carbocycles. The Hall–Kier alpha value is -3.22. The Balaban J connectivity index is 1.63. The summed E-state index contributed by atoms with van der Waals surface area (Å²) in [5, 5.41) is 5.80. The van der Waals surface area contributed by atoms with Gasteiger partial charge in [0.25, 0.3) is 0 Å². The van der Waals surface area contributed by atoms with Crippen molar-refractivity contribution in [1.29, 1.82) is 0 Å². The molecule has 1 aliphatic heterocycles. The van der Waals surface area contributed by atoms with Crippen LogP contribution in [0.3, 0.4) is 0 Å². The number of guanidine groups is 1. The number of nitrogens with two attached hydrogens (primary N) is 1. The maximum absolute atomic E-state index is 11.1. The van der Waals surface area contributed by atoms with Gasteiger partial charge in [0.1, 0.15) is 0 Å². The van der Waals surface area contributed by atoms with Gasteiger partial charge in [-0.1, -0.05) is 12.1 Å². The van der Waals surface area contributed by atoms with Gasteiger partial charge < -0.3 is 25.8 Å². The maximum Gasteiger partial charge on any atom is 0.221 e. The highest BCUT2D eigenvalue weighted by Crippen LogP contribution is 2.32. The normalized spacial score (nSPS) is 13.7. The van der Waals surface area contributed by atoms with Crippen molar-refractivity contribution in [1.82, 2.24) is 0 Å². The number of amides is 1. The lowest BCUT2D eigenvalue weighted by Gasteiger charge is -2.11. The molecule has 0 bridgehead atoms. The van der Waals surface area contributed by atoms with E-state index in [9.17, 15) is 4.79 Å². The van der Waals surface area contributed by atoms with E-state index in [1.807, 2.05) is 42.5 Å². The van der Waals surface area contributed by atoms with Crippen LogP contribution in [-0.4, -0.2) is 25.1 Å². The minimum Gasteiger partial charge on any atom is -0.490 e. The van der Waals surface area contributed by atoms with Crippen LogP contribution in [0.5, 0.6) is 11.5 Å². The Morgan fingerprint density at radius 2 is 1.85 bits per heavy atom. The van der Waals surface area contributed by atoms with Gasteiger partial charge in [0.05, 0.1) is 19.8 Å². The Bertz CT molecular complexity index is 820. The third-order valence-corrected chi connectivity index (χ3v) is 3.70. The topological polar surface area (TPSA) is 98.0 Å². The molecule has 136 valence electrons. The van der Waals surface area contributed by atoms with Crippen molar-refractivity contribution in [2.45, 2.75) is 19.9 Å². The zero-order valence-corrected chi connectivity index (χ0v) is 14.6. The van der Waals surface area contributed by atoms with Crippen molar-refractivity contribution in [2.75, 3.05) is 23.8 Å². The third kappa shape index (κ3) is 4.89. The molecule has 7 heteroatoms. The van der Waals surface area contributed by atoms with Gasteiger partial charge in [-0.25, -0.2) is 4.99 Å². The van der Waals surface area contributed by atoms with Gasteiger partial charge in [0.2, 0.25) is 5.91 Å². The van der Waals surface area contributed by atoms with Crippen LogP contribution in [0.1, 0.15) is 18.9 Å². The summed E-state index contributed by atoms with van der Waals surface area (Å²) in [4.78, 5) is 15.5. The predicted molar refractivity (Wildman–Crippen MR) is 102 cm³/mol. The van der Waals surface area contributed by atoms with E-state index in [-0.39, 0.29) is 5.91 Å². The lowest BCUT2D eigenvalue weighted by Crippen LogP contribution is -2.22. The second-order valence-corrected chi connectivity index (χ2v) is 5.92. The van der Waals surface area contributed by atoms with Crippen LogP contribution in [0.2, 0.25) is 0 Å². The molecule has 0 spiro atoms. The van der Waals surface area contributed by atoms with Gasteiger partial charge >= 0.3 is 0 Å². The quantitative estimate of drug-likeness (QED) is 0.579. The molecule has 2 aromatic rings. The van der Waals surface area contributed by atoms with Crippen molar-refractivity contribution in [3.8, 4) is 11.5 Å². The standard InChI is InChI=1S/C19H22N4O3/c1-13(24)22-15-5-2-4-14(10-15)12-21-19(20)23-16-6-7-17-18(11-16)26-9-3-8-25-17/h2,4-7,10-11H,3,8-9,12H2,1H3,(H,22,24)(H3,20,21,23). The number of nitrogens with one attached hydrogen (secondary N) is 2. The highest BCUT2D eigenvalue weighted by atomic mass is 16.5. The third-order valence-electron chi connectivity index (χ3n) is 3.70. The van der Waals surface area contributed by atoms with E-state index in [0.717, 1.165) is 29.1 Å². The number of aliphatic imine (C=N–C) groups is 1. The fraction of sp³-hybridized carbons (Fsp3) is 0.263. The molecular formula is C19H22N4O3. The van der Waals surface area contributed by atoms with E-state index in [1.54, 1.807) is 0 Å². The van der Waals surface area contributed by atoms with Crippen molar-refractivity contribution < 1.29 is 14.3 Å². The predicted octanol–water partition coefficient (Wildman–Crippen LogP) is 2.73. The molecular weight excluding hydrogens is 332 g/mol. The van der Waals surface area contributed by atoms with Crippen LogP contribution in [0.15, 0.2) is 47.5 Å². The number of nitrogens with zero attached hydrogens (tertiary/aromatic N) is 1. The Kier molecular flexibility index (Phi) is 5.58. The first-order chi connectivity index (χ1) is 12.6. The minimum absolute atomic E-state index is 0.110. The average Bonchev–Trinajstić information content (AvgIpc) is 2.85. The van der Waals surface area contributed by atoms with Crippen LogP contribution in [0.25, 0.3) is 0 Å². The highest BCUT2D eigenvalue weighted by molar-refractivity contribution is 5.92. The molecule has 0 saturated heterocycles. The summed E-state index contributed by atoms with van der Waals surface area (Å²) in [5.41, 5.74) is 8.44. The summed E-state index contributed by atoms with van der Waals surface area (Å²) in [5.74, 6) is 1.62. The number of carbonyl (C=O) groups is 1. The number of carbonyl (C=O) groups excluding carboxylic acids is 1. The number of rotatable bonds is 4. The van der Waals surface area contributed by atoms with Gasteiger partial charge in [-0.2, -0.15) is 0 Å². The minimum atomic E-state index is -0.110. The van der Waals surface area contributed by atoms with Gasteiger partial charge in [-0.05, 0) is 29.8 Å². The summed E-state index contributed by atoms with van der Waals surface area (Å²) in [6.45, 7) is 3.16. The second kappa shape index (κ2) is 8.24. The van der Waals surface area contributed by atoms with E-state index in [1.165, 1.54) is 6.92 Å². The van der Waals surface area contributed by atoms with Gasteiger partial charge in [-0.3, -0.25) is 4.79 Å². The molecule has 0 atom stereocenters. The van der Waals surface area contributed by atoms with E-state index in [4.69, 9.17) is 15.2 Å².